The van der Waals surface area contributed by atoms with Crippen LogP contribution in [-0.4, -0.2) is 53.3 Å². The summed E-state index contributed by atoms with van der Waals surface area (Å²) in [5.74, 6) is -4.22. The number of nitrogens with zero attached hydrogens (tertiary/aromatic N) is 1. The molecule has 0 saturated carbocycles. The van der Waals surface area contributed by atoms with E-state index in [0.717, 1.165) is 31.4 Å². The fourth-order valence-corrected chi connectivity index (χ4v) is 9.01. The maximum Gasteiger partial charge on any atom is 0.340 e. The second-order valence-electron chi connectivity index (χ2n) is 10.3. The van der Waals surface area contributed by atoms with Gasteiger partial charge in [0.05, 0.1) is 39.5 Å². The Morgan fingerprint density at radius 2 is 1.21 bits per heavy atom. The Bertz CT molecular complexity index is 1610. The van der Waals surface area contributed by atoms with E-state index in [1.54, 1.807) is 27.7 Å². The lowest BCUT2D eigenvalue weighted by Gasteiger charge is -2.16. The van der Waals surface area contributed by atoms with E-state index in [9.17, 15) is 35.2 Å². The van der Waals surface area contributed by atoms with Crippen LogP contribution in [0.3, 0.4) is 0 Å². The zero-order valence-electron chi connectivity index (χ0n) is 21.3. The van der Waals surface area contributed by atoms with Crippen molar-refractivity contribution in [2.75, 3.05) is 18.6 Å². The predicted octanol–water partition coefficient (Wildman–Crippen LogP) is 1.98. The van der Waals surface area contributed by atoms with Gasteiger partial charge in [0, 0.05) is 10.8 Å². The monoisotopic (exact) mass is 571 g/mol. The lowest BCUT2D eigenvalue weighted by atomic mass is 9.86. The molecule has 2 aromatic carbocycles. The highest BCUT2D eigenvalue weighted by Crippen LogP contribution is 2.41. The number of ether oxygens (including phenoxy) is 1. The minimum absolute atomic E-state index is 0.0225. The van der Waals surface area contributed by atoms with Gasteiger partial charge in [-0.2, -0.15) is 4.99 Å². The normalized spacial score (nSPS) is 18.8. The molecule has 2 aliphatic rings. The molecule has 2 heterocycles. The standard InChI is InChI=1S/C12H14FN3O3S.C12H13FO4S/c1-12(2)5-20(18,19)9-3-6(8(13)4-7(9)12)10(17)16-11(14)15;1-12(2)6-18(15,16)10-4-7(11(14)17-3)9(13)5-8(10)12/h3-4H,5H2,1-2H3,(H4,14,15,16,17);4-5H,6H2,1-3H3. The van der Waals surface area contributed by atoms with Crippen molar-refractivity contribution in [2.45, 2.75) is 48.3 Å². The second-order valence-corrected chi connectivity index (χ2v) is 14.2. The van der Waals surface area contributed by atoms with E-state index in [4.69, 9.17) is 11.5 Å². The van der Waals surface area contributed by atoms with Gasteiger partial charge in [-0.15, -0.1) is 0 Å². The number of aliphatic imine (C=N–C) groups is 1. The first-order valence-electron chi connectivity index (χ1n) is 11.1. The number of amides is 1. The third-order valence-corrected chi connectivity index (χ3v) is 10.5. The number of nitrogens with two attached hydrogens (primary N) is 2. The molecule has 2 aliphatic heterocycles. The van der Waals surface area contributed by atoms with Gasteiger partial charge in [0.15, 0.2) is 25.6 Å². The molecule has 0 atom stereocenters. The molecule has 10 nitrogen and oxygen atoms in total. The van der Waals surface area contributed by atoms with Crippen LogP contribution in [0.1, 0.15) is 59.5 Å². The average Bonchev–Trinajstić information content (AvgIpc) is 3.05. The third-order valence-electron chi connectivity index (χ3n) is 6.23. The molecule has 0 fully saturated rings. The lowest BCUT2D eigenvalue weighted by molar-refractivity contribution is 0.0595. The minimum Gasteiger partial charge on any atom is -0.465 e. The zero-order valence-corrected chi connectivity index (χ0v) is 22.9. The van der Waals surface area contributed by atoms with E-state index in [2.05, 4.69) is 9.73 Å². The maximum absolute atomic E-state index is 14.0. The van der Waals surface area contributed by atoms with E-state index in [-0.39, 0.29) is 26.9 Å². The molecule has 0 saturated heterocycles. The van der Waals surface area contributed by atoms with Crippen molar-refractivity contribution in [2.24, 2.45) is 16.5 Å². The highest BCUT2D eigenvalue weighted by Gasteiger charge is 2.43. The molecule has 0 aromatic heterocycles. The zero-order chi connectivity index (χ0) is 29.0. The molecule has 4 rings (SSSR count). The summed E-state index contributed by atoms with van der Waals surface area (Å²) in [6, 6.07) is 4.26. The van der Waals surface area contributed by atoms with Gasteiger partial charge >= 0.3 is 5.97 Å². The predicted molar refractivity (Wildman–Crippen MR) is 134 cm³/mol. The Morgan fingerprint density at radius 1 is 0.816 bits per heavy atom. The van der Waals surface area contributed by atoms with Crippen molar-refractivity contribution >= 4 is 37.5 Å². The minimum atomic E-state index is -3.54. The Labute approximate surface area is 218 Å². The van der Waals surface area contributed by atoms with Crippen LogP contribution < -0.4 is 11.5 Å². The molecular weight excluding hydrogens is 544 g/mol. The first-order valence-corrected chi connectivity index (χ1v) is 14.4. The number of fused-ring (bicyclic) bond motifs is 2. The summed E-state index contributed by atoms with van der Waals surface area (Å²) in [5, 5.41) is 0. The number of carbonyl (C=O) groups is 2. The SMILES string of the molecule is CC1(C)CS(=O)(=O)c2cc(C(=O)N=C(N)N)c(F)cc21.COC(=O)c1cc2c(cc1F)C(C)(C)CS2(=O)=O. The number of hydrogen-bond acceptors (Lipinski definition) is 7. The van der Waals surface area contributed by atoms with Crippen LogP contribution in [0.4, 0.5) is 8.78 Å². The summed E-state index contributed by atoms with van der Waals surface area (Å²) in [6.45, 7) is 6.86. The number of esters is 1. The van der Waals surface area contributed by atoms with Crippen LogP contribution in [0, 0.1) is 11.6 Å². The van der Waals surface area contributed by atoms with E-state index < -0.39 is 65.5 Å². The van der Waals surface area contributed by atoms with Crippen LogP contribution in [0.2, 0.25) is 0 Å². The van der Waals surface area contributed by atoms with Gasteiger partial charge in [0.25, 0.3) is 5.91 Å². The molecule has 0 spiro atoms. The van der Waals surface area contributed by atoms with Crippen LogP contribution in [0.15, 0.2) is 39.0 Å². The van der Waals surface area contributed by atoms with Gasteiger partial charge in [0.1, 0.15) is 11.6 Å². The highest BCUT2D eigenvalue weighted by atomic mass is 32.2. The van der Waals surface area contributed by atoms with Crippen molar-refractivity contribution in [3.05, 3.63) is 58.2 Å². The van der Waals surface area contributed by atoms with Gasteiger partial charge in [-0.1, -0.05) is 27.7 Å². The largest absolute Gasteiger partial charge is 0.465 e. The van der Waals surface area contributed by atoms with E-state index in [1.165, 1.54) is 0 Å². The number of carbonyl (C=O) groups excluding carboxylic acids is 2. The highest BCUT2D eigenvalue weighted by molar-refractivity contribution is 7.92. The molecular formula is C24H27F2N3O7S2. The van der Waals surface area contributed by atoms with Gasteiger partial charge in [-0.25, -0.2) is 30.4 Å². The van der Waals surface area contributed by atoms with E-state index >= 15 is 0 Å². The Morgan fingerprint density at radius 3 is 1.61 bits per heavy atom. The molecule has 14 heteroatoms. The molecule has 38 heavy (non-hydrogen) atoms. The quantitative estimate of drug-likeness (QED) is 0.236. The molecule has 206 valence electrons. The summed E-state index contributed by atoms with van der Waals surface area (Å²) in [6.07, 6.45) is 0. The van der Waals surface area contributed by atoms with E-state index in [1.807, 2.05) is 0 Å². The first kappa shape index (κ1) is 29.2. The number of rotatable bonds is 2. The number of methoxy groups -OCH3 is 1. The molecule has 0 radical (unpaired) electrons. The van der Waals surface area contributed by atoms with Gasteiger partial charge in [-0.3, -0.25) is 4.79 Å². The number of benzene rings is 2. The Hall–Kier alpha value is -3.39. The first-order chi connectivity index (χ1) is 17.2. The van der Waals surface area contributed by atoms with E-state index in [0.29, 0.717) is 11.1 Å². The third kappa shape index (κ3) is 5.27. The smallest absolute Gasteiger partial charge is 0.340 e. The molecule has 2 aromatic rings. The van der Waals surface area contributed by atoms with Crippen LogP contribution >= 0.6 is 0 Å². The van der Waals surface area contributed by atoms with Crippen molar-refractivity contribution < 1.29 is 39.9 Å². The fraction of sp³-hybridized carbons (Fsp3) is 0.375. The summed E-state index contributed by atoms with van der Waals surface area (Å²) in [7, 11) is -5.89. The summed E-state index contributed by atoms with van der Waals surface area (Å²) >= 11 is 0. The summed E-state index contributed by atoms with van der Waals surface area (Å²) in [5.41, 5.74) is 8.72. The van der Waals surface area contributed by atoms with Crippen LogP contribution in [0.5, 0.6) is 0 Å². The summed E-state index contributed by atoms with van der Waals surface area (Å²) in [4.78, 5) is 26.2. The Balaban J connectivity index is 0.000000212. The molecule has 1 amide bonds. The van der Waals surface area contributed by atoms with Crippen molar-refractivity contribution in [3.63, 3.8) is 0 Å². The molecule has 0 unspecified atom stereocenters. The van der Waals surface area contributed by atoms with Gasteiger partial charge in [-0.05, 0) is 35.4 Å². The van der Waals surface area contributed by atoms with Crippen molar-refractivity contribution in [1.82, 2.24) is 0 Å². The fourth-order valence-electron chi connectivity index (χ4n) is 4.55. The van der Waals surface area contributed by atoms with Crippen molar-refractivity contribution in [3.8, 4) is 0 Å². The molecule has 0 bridgehead atoms. The van der Waals surface area contributed by atoms with Gasteiger partial charge < -0.3 is 16.2 Å². The molecule has 0 aliphatic carbocycles. The second kappa shape index (κ2) is 9.42. The Kier molecular flexibility index (Phi) is 7.23. The number of hydrogen-bond donors (Lipinski definition) is 2. The van der Waals surface area contributed by atoms with Crippen LogP contribution in [-0.2, 0) is 35.2 Å². The molecule has 4 N–H and O–H groups in total. The number of guanidine groups is 1. The van der Waals surface area contributed by atoms with Gasteiger partial charge in [0.2, 0.25) is 0 Å². The number of halogens is 2. The van der Waals surface area contributed by atoms with Crippen molar-refractivity contribution in [1.29, 1.82) is 0 Å². The maximum atomic E-state index is 14.0. The average molecular weight is 572 g/mol. The number of sulfone groups is 2. The lowest BCUT2D eigenvalue weighted by Crippen LogP contribution is -2.24. The van der Waals surface area contributed by atoms with Crippen LogP contribution in [0.25, 0.3) is 0 Å². The summed E-state index contributed by atoms with van der Waals surface area (Å²) < 4.78 is 80.2. The topological polar surface area (TPSA) is 176 Å².